The van der Waals surface area contributed by atoms with Crippen LogP contribution in [0.15, 0.2) is 43.0 Å². The Morgan fingerprint density at radius 2 is 1.83 bits per heavy atom. The lowest BCUT2D eigenvalue weighted by Crippen LogP contribution is -2.47. The number of likely N-dealkylation sites (tertiary alicyclic amines) is 1. The Kier molecular flexibility index (Phi) is 5.96. The Hall–Kier alpha value is -2.26. The van der Waals surface area contributed by atoms with Gasteiger partial charge in [-0.2, -0.15) is 5.10 Å². The molecule has 1 aromatic carbocycles. The van der Waals surface area contributed by atoms with Crippen LogP contribution in [-0.2, 0) is 20.6 Å². The number of aromatic nitrogens is 3. The van der Waals surface area contributed by atoms with Crippen molar-refractivity contribution in [2.75, 3.05) is 26.2 Å². The molecule has 2 aliphatic rings. The lowest BCUT2D eigenvalue weighted by Gasteiger charge is -2.37. The number of amides is 1. The highest BCUT2D eigenvalue weighted by atomic mass is 32.2. The summed E-state index contributed by atoms with van der Waals surface area (Å²) in [4.78, 5) is 19.0. The maximum atomic E-state index is 13.0. The van der Waals surface area contributed by atoms with Gasteiger partial charge in [0.1, 0.15) is 12.7 Å². The number of benzene rings is 1. The summed E-state index contributed by atoms with van der Waals surface area (Å²) in [6.07, 6.45) is 6.32. The van der Waals surface area contributed by atoms with E-state index in [1.165, 1.54) is 10.6 Å². The number of carbonyl (C=O) groups excluding carboxylic acids is 1. The molecule has 1 amide bonds. The lowest BCUT2D eigenvalue weighted by molar-refractivity contribution is -0.138. The molecular formula is C20H27N5O3S. The van der Waals surface area contributed by atoms with Crippen LogP contribution in [0.4, 0.5) is 0 Å². The minimum Gasteiger partial charge on any atom is -0.340 e. The van der Waals surface area contributed by atoms with Gasteiger partial charge in [-0.25, -0.2) is 22.4 Å². The molecule has 156 valence electrons. The Morgan fingerprint density at radius 3 is 2.52 bits per heavy atom. The maximum Gasteiger partial charge on any atom is 0.225 e. The lowest BCUT2D eigenvalue weighted by atomic mass is 9.95. The summed E-state index contributed by atoms with van der Waals surface area (Å²) in [5, 5.41) is 4.21. The van der Waals surface area contributed by atoms with Crippen molar-refractivity contribution in [2.24, 2.45) is 5.92 Å². The number of nitrogens with zero attached hydrogens (tertiary/aromatic N) is 5. The Labute approximate surface area is 171 Å². The molecule has 2 aliphatic heterocycles. The van der Waals surface area contributed by atoms with E-state index >= 15 is 0 Å². The number of piperidine rings is 2. The quantitative estimate of drug-likeness (QED) is 0.739. The van der Waals surface area contributed by atoms with E-state index < -0.39 is 10.0 Å². The molecule has 4 rings (SSSR count). The number of hydrogen-bond acceptors (Lipinski definition) is 5. The van der Waals surface area contributed by atoms with Gasteiger partial charge in [-0.05, 0) is 31.2 Å². The van der Waals surface area contributed by atoms with E-state index in [0.717, 1.165) is 24.9 Å². The van der Waals surface area contributed by atoms with Gasteiger partial charge < -0.3 is 4.90 Å². The van der Waals surface area contributed by atoms with Crippen LogP contribution in [0.1, 0.15) is 37.3 Å². The molecular weight excluding hydrogens is 390 g/mol. The molecule has 1 atom stereocenters. The Bertz CT molecular complexity index is 909. The molecule has 0 spiro atoms. The Balaban J connectivity index is 1.32. The molecule has 29 heavy (non-hydrogen) atoms. The van der Waals surface area contributed by atoms with Crippen LogP contribution in [0.3, 0.4) is 0 Å². The van der Waals surface area contributed by atoms with Gasteiger partial charge in [0.05, 0.1) is 11.8 Å². The van der Waals surface area contributed by atoms with Crippen LogP contribution in [-0.4, -0.2) is 64.5 Å². The predicted octanol–water partition coefficient (Wildman–Crippen LogP) is 1.68. The average Bonchev–Trinajstić information content (AvgIpc) is 3.29. The summed E-state index contributed by atoms with van der Waals surface area (Å²) in [5.74, 6) is 0.0561. The first-order valence-electron chi connectivity index (χ1n) is 10.2. The van der Waals surface area contributed by atoms with Gasteiger partial charge in [-0.1, -0.05) is 30.3 Å². The van der Waals surface area contributed by atoms with Gasteiger partial charge in [0.25, 0.3) is 0 Å². The Morgan fingerprint density at radius 1 is 1.07 bits per heavy atom. The van der Waals surface area contributed by atoms with Gasteiger partial charge in [0, 0.05) is 32.1 Å². The van der Waals surface area contributed by atoms with Crippen molar-refractivity contribution < 1.29 is 13.2 Å². The summed E-state index contributed by atoms with van der Waals surface area (Å²) < 4.78 is 28.8. The molecule has 3 heterocycles. The first-order valence-corrected chi connectivity index (χ1v) is 11.8. The second-order valence-electron chi connectivity index (χ2n) is 7.87. The van der Waals surface area contributed by atoms with E-state index in [0.29, 0.717) is 32.5 Å². The van der Waals surface area contributed by atoms with Gasteiger partial charge in [0.15, 0.2) is 0 Å². The normalized spacial score (nSPS) is 21.9. The summed E-state index contributed by atoms with van der Waals surface area (Å²) in [7, 11) is -3.36. The first-order chi connectivity index (χ1) is 14.0. The molecule has 0 N–H and O–H groups in total. The molecule has 2 fully saturated rings. The van der Waals surface area contributed by atoms with E-state index in [2.05, 4.69) is 10.1 Å². The zero-order chi connectivity index (χ0) is 20.3. The van der Waals surface area contributed by atoms with Crippen molar-refractivity contribution in [1.82, 2.24) is 24.0 Å². The van der Waals surface area contributed by atoms with Crippen LogP contribution in [0.2, 0.25) is 0 Å². The zero-order valence-electron chi connectivity index (χ0n) is 16.4. The van der Waals surface area contributed by atoms with E-state index in [4.69, 9.17) is 0 Å². The fourth-order valence-electron chi connectivity index (χ4n) is 4.29. The molecule has 9 heteroatoms. The SMILES string of the molecule is O=C(C1CCN(S(=O)(=O)Cc2ccccc2)CC1)N1CCCC(n2cncn2)C1. The summed E-state index contributed by atoms with van der Waals surface area (Å²) in [6, 6.07) is 9.40. The van der Waals surface area contributed by atoms with Gasteiger partial charge in [0.2, 0.25) is 15.9 Å². The fourth-order valence-corrected chi connectivity index (χ4v) is 5.86. The largest absolute Gasteiger partial charge is 0.340 e. The van der Waals surface area contributed by atoms with Crippen molar-refractivity contribution in [3.8, 4) is 0 Å². The van der Waals surface area contributed by atoms with Crippen LogP contribution in [0.25, 0.3) is 0 Å². The third-order valence-corrected chi connectivity index (χ3v) is 7.76. The molecule has 0 radical (unpaired) electrons. The molecule has 0 saturated carbocycles. The highest BCUT2D eigenvalue weighted by Gasteiger charge is 2.34. The van der Waals surface area contributed by atoms with Crippen LogP contribution >= 0.6 is 0 Å². The summed E-state index contributed by atoms with van der Waals surface area (Å²) in [6.45, 7) is 2.23. The highest BCUT2D eigenvalue weighted by Crippen LogP contribution is 2.27. The van der Waals surface area contributed by atoms with E-state index in [1.807, 2.05) is 39.9 Å². The highest BCUT2D eigenvalue weighted by molar-refractivity contribution is 7.88. The summed E-state index contributed by atoms with van der Waals surface area (Å²) in [5.41, 5.74) is 0.790. The predicted molar refractivity (Wildman–Crippen MR) is 108 cm³/mol. The third kappa shape index (κ3) is 4.67. The fraction of sp³-hybridized carbons (Fsp3) is 0.550. The van der Waals surface area contributed by atoms with Crippen LogP contribution in [0, 0.1) is 5.92 Å². The molecule has 2 saturated heterocycles. The van der Waals surface area contributed by atoms with Crippen molar-refractivity contribution in [2.45, 2.75) is 37.5 Å². The number of hydrogen-bond donors (Lipinski definition) is 0. The van der Waals surface area contributed by atoms with Crippen LogP contribution < -0.4 is 0 Å². The zero-order valence-corrected chi connectivity index (χ0v) is 17.2. The van der Waals surface area contributed by atoms with Crippen molar-refractivity contribution in [1.29, 1.82) is 0 Å². The van der Waals surface area contributed by atoms with E-state index in [9.17, 15) is 13.2 Å². The second-order valence-corrected chi connectivity index (χ2v) is 9.84. The molecule has 0 bridgehead atoms. The van der Waals surface area contributed by atoms with Gasteiger partial charge in [-0.15, -0.1) is 0 Å². The third-order valence-electron chi connectivity index (χ3n) is 5.91. The van der Waals surface area contributed by atoms with E-state index in [1.54, 1.807) is 6.33 Å². The topological polar surface area (TPSA) is 88.4 Å². The van der Waals surface area contributed by atoms with Gasteiger partial charge in [-0.3, -0.25) is 4.79 Å². The molecule has 1 aromatic heterocycles. The molecule has 0 aliphatic carbocycles. The number of sulfonamides is 1. The van der Waals surface area contributed by atoms with Crippen molar-refractivity contribution in [3.05, 3.63) is 48.5 Å². The van der Waals surface area contributed by atoms with Gasteiger partial charge >= 0.3 is 0 Å². The molecule has 1 unspecified atom stereocenters. The van der Waals surface area contributed by atoms with Crippen LogP contribution in [0.5, 0.6) is 0 Å². The minimum absolute atomic E-state index is 0.0121. The number of carbonyl (C=O) groups is 1. The summed E-state index contributed by atoms with van der Waals surface area (Å²) >= 11 is 0. The molecule has 8 nitrogen and oxygen atoms in total. The standard InChI is InChI=1S/C20H27N5O3S/c26-20(23-10-4-7-19(13-23)25-16-21-15-22-25)18-8-11-24(12-9-18)29(27,28)14-17-5-2-1-3-6-17/h1-3,5-6,15-16,18-19H,4,7-14H2. The average molecular weight is 418 g/mol. The second kappa shape index (κ2) is 8.62. The molecule has 2 aromatic rings. The smallest absolute Gasteiger partial charge is 0.225 e. The first kappa shape index (κ1) is 20.0. The monoisotopic (exact) mass is 417 g/mol. The number of rotatable bonds is 5. The van der Waals surface area contributed by atoms with E-state index in [-0.39, 0.29) is 23.6 Å². The minimum atomic E-state index is -3.36. The van der Waals surface area contributed by atoms with Crippen molar-refractivity contribution in [3.63, 3.8) is 0 Å². The van der Waals surface area contributed by atoms with Crippen molar-refractivity contribution >= 4 is 15.9 Å². The maximum absolute atomic E-state index is 13.0.